The van der Waals surface area contributed by atoms with Crippen LogP contribution in [0.5, 0.6) is 0 Å². The van der Waals surface area contributed by atoms with E-state index in [0.29, 0.717) is 6.61 Å². The molecule has 2 fully saturated rings. The molecule has 0 amide bonds. The normalized spacial score (nSPS) is 19.9. The number of carbonyl (C=O) groups is 1. The lowest BCUT2D eigenvalue weighted by molar-refractivity contribution is -0.141. The van der Waals surface area contributed by atoms with Gasteiger partial charge in [-0.15, -0.1) is 0 Å². The summed E-state index contributed by atoms with van der Waals surface area (Å²) >= 11 is 0. The zero-order valence-corrected chi connectivity index (χ0v) is 18.3. The molecule has 0 aliphatic carbocycles. The Bertz CT molecular complexity index is 874. The van der Waals surface area contributed by atoms with Gasteiger partial charge in [0.25, 0.3) is 0 Å². The molecule has 0 saturated carbocycles. The summed E-state index contributed by atoms with van der Waals surface area (Å²) in [6, 6.07) is 13.1. The van der Waals surface area contributed by atoms with Crippen molar-refractivity contribution >= 4 is 11.8 Å². The average molecular weight is 408 g/mol. The molecular formula is C25H33N3O2. The number of anilines is 1. The third-order valence-electron chi connectivity index (χ3n) is 6.53. The summed E-state index contributed by atoms with van der Waals surface area (Å²) in [5.41, 5.74) is 5.10. The van der Waals surface area contributed by atoms with Crippen molar-refractivity contribution in [3.63, 3.8) is 0 Å². The molecule has 2 aliphatic rings. The van der Waals surface area contributed by atoms with E-state index < -0.39 is 0 Å². The van der Waals surface area contributed by atoms with Crippen LogP contribution in [-0.4, -0.2) is 55.2 Å². The summed E-state index contributed by atoms with van der Waals surface area (Å²) in [6.45, 7) is 9.98. The van der Waals surface area contributed by atoms with Gasteiger partial charge in [0.1, 0.15) is 5.82 Å². The second kappa shape index (κ2) is 9.61. The Kier molecular flexibility index (Phi) is 6.68. The second-order valence-electron chi connectivity index (χ2n) is 8.34. The fourth-order valence-electron chi connectivity index (χ4n) is 4.56. The van der Waals surface area contributed by atoms with Crippen molar-refractivity contribution in [2.45, 2.75) is 39.5 Å². The van der Waals surface area contributed by atoms with Gasteiger partial charge in [-0.1, -0.05) is 32.0 Å². The third-order valence-corrected chi connectivity index (χ3v) is 6.53. The molecule has 0 radical (unpaired) electrons. The topological polar surface area (TPSA) is 45.7 Å². The molecule has 2 saturated heterocycles. The summed E-state index contributed by atoms with van der Waals surface area (Å²) in [6.07, 6.45) is 3.93. The largest absolute Gasteiger partial charge is 0.465 e. The fraction of sp³-hybridized carbons (Fsp3) is 0.520. The number of piperazine rings is 1. The maximum absolute atomic E-state index is 11.7. The number of aryl methyl sites for hydroxylation is 2. The van der Waals surface area contributed by atoms with Crippen LogP contribution in [0, 0.1) is 5.92 Å². The highest BCUT2D eigenvalue weighted by atomic mass is 16.5. The highest BCUT2D eigenvalue weighted by Crippen LogP contribution is 2.25. The number of hydrogen-bond donors (Lipinski definition) is 0. The lowest BCUT2D eigenvalue weighted by Crippen LogP contribution is -2.47. The van der Waals surface area contributed by atoms with Crippen molar-refractivity contribution in [2.75, 3.05) is 44.2 Å². The Labute approximate surface area is 180 Å². The van der Waals surface area contributed by atoms with Crippen molar-refractivity contribution in [1.82, 2.24) is 9.88 Å². The number of ether oxygens (including phenoxy) is 1. The quantitative estimate of drug-likeness (QED) is 0.651. The van der Waals surface area contributed by atoms with Crippen molar-refractivity contribution in [3.8, 4) is 11.3 Å². The molecule has 2 aliphatic heterocycles. The van der Waals surface area contributed by atoms with Crippen LogP contribution < -0.4 is 4.90 Å². The Morgan fingerprint density at radius 2 is 1.83 bits per heavy atom. The van der Waals surface area contributed by atoms with Gasteiger partial charge >= 0.3 is 5.97 Å². The number of nitrogens with zero attached hydrogens (tertiary/aromatic N) is 3. The zero-order chi connectivity index (χ0) is 20.9. The summed E-state index contributed by atoms with van der Waals surface area (Å²) in [5.74, 6) is 1.16. The highest BCUT2D eigenvalue weighted by molar-refractivity contribution is 5.74. The van der Waals surface area contributed by atoms with Gasteiger partial charge in [-0.3, -0.25) is 9.69 Å². The van der Waals surface area contributed by atoms with E-state index in [1.807, 2.05) is 0 Å². The molecule has 2 aromatic rings. The van der Waals surface area contributed by atoms with Gasteiger partial charge in [0.15, 0.2) is 0 Å². The van der Waals surface area contributed by atoms with Gasteiger partial charge in [0.05, 0.1) is 18.2 Å². The summed E-state index contributed by atoms with van der Waals surface area (Å²) in [7, 11) is 0. The molecule has 1 unspecified atom stereocenters. The predicted octanol–water partition coefficient (Wildman–Crippen LogP) is 3.95. The SMILES string of the molecule is CCc1ccc(-c2cccc(N3CCN(CCC4CCOC4=O)CC3)n2)cc1CC. The number of benzene rings is 1. The molecule has 5 heteroatoms. The van der Waals surface area contributed by atoms with Gasteiger partial charge in [-0.25, -0.2) is 4.98 Å². The van der Waals surface area contributed by atoms with Gasteiger partial charge in [-0.2, -0.15) is 0 Å². The number of rotatable bonds is 7. The minimum Gasteiger partial charge on any atom is -0.465 e. The van der Waals surface area contributed by atoms with Crippen LogP contribution in [-0.2, 0) is 22.4 Å². The molecule has 160 valence electrons. The molecule has 5 nitrogen and oxygen atoms in total. The summed E-state index contributed by atoms with van der Waals surface area (Å²) in [4.78, 5) is 21.5. The van der Waals surface area contributed by atoms with Gasteiger partial charge in [0.2, 0.25) is 0 Å². The first-order valence-electron chi connectivity index (χ1n) is 11.4. The monoisotopic (exact) mass is 407 g/mol. The van der Waals surface area contributed by atoms with Crippen molar-refractivity contribution in [1.29, 1.82) is 0 Å². The molecular weight excluding hydrogens is 374 g/mol. The number of aromatic nitrogens is 1. The standard InChI is InChI=1S/C25H33N3O2/c1-3-19-8-9-22(18-20(19)4-2)23-6-5-7-24(26-23)28-15-13-27(14-16-28)12-10-21-11-17-30-25(21)29/h5-9,18,21H,3-4,10-17H2,1-2H3. The first kappa shape index (κ1) is 20.9. The van der Waals surface area contributed by atoms with Crippen molar-refractivity contribution in [2.24, 2.45) is 5.92 Å². The minimum absolute atomic E-state index is 0.00662. The van der Waals surface area contributed by atoms with E-state index in [1.165, 1.54) is 16.7 Å². The Hall–Kier alpha value is -2.40. The number of hydrogen-bond acceptors (Lipinski definition) is 5. The van der Waals surface area contributed by atoms with Crippen molar-refractivity contribution in [3.05, 3.63) is 47.5 Å². The van der Waals surface area contributed by atoms with Crippen LogP contribution in [0.1, 0.15) is 37.8 Å². The highest BCUT2D eigenvalue weighted by Gasteiger charge is 2.27. The maximum atomic E-state index is 11.7. The average Bonchev–Trinajstić information content (AvgIpc) is 3.22. The molecule has 4 rings (SSSR count). The van der Waals surface area contributed by atoms with E-state index in [0.717, 1.165) is 69.9 Å². The molecule has 3 heterocycles. The lowest BCUT2D eigenvalue weighted by atomic mass is 9.98. The molecule has 1 aromatic heterocycles. The Morgan fingerprint density at radius 1 is 1.03 bits per heavy atom. The van der Waals surface area contributed by atoms with Crippen LogP contribution in [0.4, 0.5) is 5.82 Å². The Balaban J connectivity index is 1.37. The Morgan fingerprint density at radius 3 is 2.53 bits per heavy atom. The molecule has 1 aromatic carbocycles. The van der Waals surface area contributed by atoms with Crippen LogP contribution in [0.3, 0.4) is 0 Å². The van der Waals surface area contributed by atoms with Crippen LogP contribution in [0.2, 0.25) is 0 Å². The number of esters is 1. The van der Waals surface area contributed by atoms with Gasteiger partial charge in [0, 0.05) is 31.7 Å². The fourth-order valence-corrected chi connectivity index (χ4v) is 4.56. The van der Waals surface area contributed by atoms with E-state index in [-0.39, 0.29) is 11.9 Å². The molecule has 1 atom stereocenters. The summed E-state index contributed by atoms with van der Waals surface area (Å²) < 4.78 is 5.08. The van der Waals surface area contributed by atoms with Crippen molar-refractivity contribution < 1.29 is 9.53 Å². The third kappa shape index (κ3) is 4.67. The lowest BCUT2D eigenvalue weighted by Gasteiger charge is -2.35. The zero-order valence-electron chi connectivity index (χ0n) is 18.3. The first-order chi connectivity index (χ1) is 14.7. The van der Waals surface area contributed by atoms with E-state index in [1.54, 1.807) is 0 Å². The summed E-state index contributed by atoms with van der Waals surface area (Å²) in [5, 5.41) is 0. The van der Waals surface area contributed by atoms with Crippen LogP contribution in [0.25, 0.3) is 11.3 Å². The van der Waals surface area contributed by atoms with E-state index >= 15 is 0 Å². The van der Waals surface area contributed by atoms with Crippen LogP contribution in [0.15, 0.2) is 36.4 Å². The van der Waals surface area contributed by atoms with Crippen LogP contribution >= 0.6 is 0 Å². The van der Waals surface area contributed by atoms with E-state index in [4.69, 9.17) is 9.72 Å². The van der Waals surface area contributed by atoms with Gasteiger partial charge in [-0.05, 0) is 61.6 Å². The number of cyclic esters (lactones) is 1. The maximum Gasteiger partial charge on any atom is 0.309 e. The van der Waals surface area contributed by atoms with E-state index in [2.05, 4.69) is 60.0 Å². The molecule has 0 N–H and O–H groups in total. The molecule has 30 heavy (non-hydrogen) atoms. The number of pyridine rings is 1. The van der Waals surface area contributed by atoms with E-state index in [9.17, 15) is 4.79 Å². The van der Waals surface area contributed by atoms with Gasteiger partial charge < -0.3 is 9.64 Å². The minimum atomic E-state index is -0.00662. The smallest absolute Gasteiger partial charge is 0.309 e. The molecule has 0 spiro atoms. The second-order valence-corrected chi connectivity index (χ2v) is 8.34. The first-order valence-corrected chi connectivity index (χ1v) is 11.4. The predicted molar refractivity (Wildman–Crippen MR) is 121 cm³/mol. The molecule has 0 bridgehead atoms. The number of carbonyl (C=O) groups excluding carboxylic acids is 1.